The van der Waals surface area contributed by atoms with Crippen LogP contribution in [0.1, 0.15) is 31.0 Å². The molecule has 5 nitrogen and oxygen atoms in total. The summed E-state index contributed by atoms with van der Waals surface area (Å²) < 4.78 is 10.5. The van der Waals surface area contributed by atoms with Gasteiger partial charge in [-0.15, -0.1) is 0 Å². The minimum absolute atomic E-state index is 0.103. The van der Waals surface area contributed by atoms with Gasteiger partial charge in [0.1, 0.15) is 5.75 Å². The van der Waals surface area contributed by atoms with Gasteiger partial charge < -0.3 is 19.8 Å². The number of carbonyl (C=O) groups excluding carboxylic acids is 1. The number of nitrogens with one attached hydrogen (secondary N) is 2. The average molecular weight is 302 g/mol. The molecule has 118 valence electrons. The first kappa shape index (κ1) is 14.8. The van der Waals surface area contributed by atoms with E-state index in [1.807, 2.05) is 18.2 Å². The minimum atomic E-state index is -0.314. The normalized spacial score (nSPS) is 16.5. The Balaban J connectivity index is 1.66. The molecule has 0 fully saturated rings. The first-order chi connectivity index (χ1) is 10.7. The standard InChI is InChI=1S/C17H22N2O3/c1-3-4-7-22-17(20)18-11-8-13-14-10-12(21-2)5-6-15(14)19-16(13)9-11/h5-6,10-11,19H,3-4,7-9H2,1-2H3,(H,18,20). The van der Waals surface area contributed by atoms with Gasteiger partial charge in [-0.1, -0.05) is 13.3 Å². The second-order valence-corrected chi connectivity index (χ2v) is 5.73. The molecule has 1 aromatic carbocycles. The second kappa shape index (κ2) is 6.30. The first-order valence-electron chi connectivity index (χ1n) is 7.82. The number of hydrogen-bond donors (Lipinski definition) is 2. The predicted molar refractivity (Wildman–Crippen MR) is 85.4 cm³/mol. The summed E-state index contributed by atoms with van der Waals surface area (Å²) >= 11 is 0. The van der Waals surface area contributed by atoms with Crippen molar-refractivity contribution in [3.05, 3.63) is 29.5 Å². The molecular formula is C17H22N2O3. The number of aromatic amines is 1. The number of unbranched alkanes of at least 4 members (excludes halogenated alkanes) is 1. The van der Waals surface area contributed by atoms with E-state index in [0.717, 1.165) is 36.9 Å². The number of alkyl carbamates (subject to hydrolysis) is 1. The molecule has 1 aliphatic carbocycles. The van der Waals surface area contributed by atoms with Crippen LogP contribution in [0.15, 0.2) is 18.2 Å². The van der Waals surface area contributed by atoms with Gasteiger partial charge in [0.2, 0.25) is 0 Å². The van der Waals surface area contributed by atoms with E-state index in [2.05, 4.69) is 17.2 Å². The van der Waals surface area contributed by atoms with Crippen LogP contribution < -0.4 is 10.1 Å². The zero-order valence-electron chi connectivity index (χ0n) is 13.1. The molecule has 1 heterocycles. The number of benzene rings is 1. The first-order valence-corrected chi connectivity index (χ1v) is 7.82. The van der Waals surface area contributed by atoms with Gasteiger partial charge in [-0.25, -0.2) is 4.79 Å². The second-order valence-electron chi connectivity index (χ2n) is 5.73. The lowest BCUT2D eigenvalue weighted by molar-refractivity contribution is 0.141. The van der Waals surface area contributed by atoms with E-state index in [1.165, 1.54) is 16.6 Å². The molecule has 2 N–H and O–H groups in total. The fourth-order valence-corrected chi connectivity index (χ4v) is 3.00. The number of fused-ring (bicyclic) bond motifs is 3. The molecule has 2 aromatic rings. The van der Waals surface area contributed by atoms with Crippen molar-refractivity contribution in [1.29, 1.82) is 0 Å². The monoisotopic (exact) mass is 302 g/mol. The molecule has 1 unspecified atom stereocenters. The third kappa shape index (κ3) is 2.89. The maximum absolute atomic E-state index is 11.7. The number of methoxy groups -OCH3 is 1. The van der Waals surface area contributed by atoms with Crippen molar-refractivity contribution in [3.8, 4) is 5.75 Å². The van der Waals surface area contributed by atoms with E-state index in [9.17, 15) is 4.79 Å². The van der Waals surface area contributed by atoms with Crippen LogP contribution in [0.4, 0.5) is 4.79 Å². The summed E-state index contributed by atoms with van der Waals surface area (Å²) in [7, 11) is 1.67. The van der Waals surface area contributed by atoms with Gasteiger partial charge in [0.25, 0.3) is 0 Å². The van der Waals surface area contributed by atoms with E-state index < -0.39 is 0 Å². The number of hydrogen-bond acceptors (Lipinski definition) is 3. The Morgan fingerprint density at radius 2 is 2.27 bits per heavy atom. The van der Waals surface area contributed by atoms with Crippen molar-refractivity contribution < 1.29 is 14.3 Å². The molecular weight excluding hydrogens is 280 g/mol. The van der Waals surface area contributed by atoms with Gasteiger partial charge in [0.05, 0.1) is 13.7 Å². The third-order valence-corrected chi connectivity index (χ3v) is 4.16. The predicted octanol–water partition coefficient (Wildman–Crippen LogP) is 3.17. The van der Waals surface area contributed by atoms with Gasteiger partial charge in [0.15, 0.2) is 0 Å². The fourth-order valence-electron chi connectivity index (χ4n) is 3.00. The Morgan fingerprint density at radius 1 is 1.41 bits per heavy atom. The number of amides is 1. The molecule has 1 aliphatic rings. The van der Waals surface area contributed by atoms with Crippen molar-refractivity contribution in [2.45, 2.75) is 38.6 Å². The van der Waals surface area contributed by atoms with Crippen molar-refractivity contribution in [3.63, 3.8) is 0 Å². The summed E-state index contributed by atoms with van der Waals surface area (Å²) in [6.45, 7) is 2.56. The molecule has 0 radical (unpaired) electrons. The van der Waals surface area contributed by atoms with Gasteiger partial charge in [-0.3, -0.25) is 0 Å². The van der Waals surface area contributed by atoms with Crippen LogP contribution in [0.5, 0.6) is 5.75 Å². The number of aromatic nitrogens is 1. The summed E-state index contributed by atoms with van der Waals surface area (Å²) in [6.07, 6.45) is 3.25. The van der Waals surface area contributed by atoms with Crippen LogP contribution in [0.3, 0.4) is 0 Å². The topological polar surface area (TPSA) is 63.3 Å². The molecule has 5 heteroatoms. The molecule has 22 heavy (non-hydrogen) atoms. The Hall–Kier alpha value is -2.17. The smallest absolute Gasteiger partial charge is 0.407 e. The molecule has 0 spiro atoms. The highest BCUT2D eigenvalue weighted by atomic mass is 16.5. The highest BCUT2D eigenvalue weighted by molar-refractivity contribution is 5.87. The van der Waals surface area contributed by atoms with Crippen molar-refractivity contribution in [1.82, 2.24) is 10.3 Å². The Kier molecular flexibility index (Phi) is 4.22. The number of ether oxygens (including phenoxy) is 2. The summed E-state index contributed by atoms with van der Waals surface area (Å²) in [5, 5.41) is 4.13. The van der Waals surface area contributed by atoms with E-state index in [0.29, 0.717) is 6.61 Å². The lowest BCUT2D eigenvalue weighted by atomic mass is 10.1. The maximum Gasteiger partial charge on any atom is 0.407 e. The molecule has 0 bridgehead atoms. The van der Waals surface area contributed by atoms with Crippen LogP contribution in [0, 0.1) is 0 Å². The van der Waals surface area contributed by atoms with E-state index in [1.54, 1.807) is 7.11 Å². The van der Waals surface area contributed by atoms with E-state index in [-0.39, 0.29) is 12.1 Å². The summed E-state index contributed by atoms with van der Waals surface area (Å²) in [6, 6.07) is 6.14. The maximum atomic E-state index is 11.7. The molecule has 0 saturated carbocycles. The lowest BCUT2D eigenvalue weighted by Crippen LogP contribution is -2.36. The Labute approximate surface area is 130 Å². The highest BCUT2D eigenvalue weighted by Gasteiger charge is 2.27. The lowest BCUT2D eigenvalue weighted by Gasteiger charge is -2.12. The van der Waals surface area contributed by atoms with Crippen LogP contribution in [0.2, 0.25) is 0 Å². The van der Waals surface area contributed by atoms with E-state index >= 15 is 0 Å². The van der Waals surface area contributed by atoms with Crippen LogP contribution in [-0.4, -0.2) is 30.8 Å². The Bertz CT molecular complexity index is 678. The fraction of sp³-hybridized carbons (Fsp3) is 0.471. The number of rotatable bonds is 5. The average Bonchev–Trinajstić information content (AvgIpc) is 3.04. The summed E-state index contributed by atoms with van der Waals surface area (Å²) in [5.41, 5.74) is 3.59. The number of H-pyrrole nitrogens is 1. The van der Waals surface area contributed by atoms with Crippen LogP contribution in [0.25, 0.3) is 10.9 Å². The molecule has 0 saturated heterocycles. The summed E-state index contributed by atoms with van der Waals surface area (Å²) in [5.74, 6) is 0.852. The van der Waals surface area contributed by atoms with Gasteiger partial charge in [-0.05, 0) is 36.6 Å². The molecule has 3 rings (SSSR count). The Morgan fingerprint density at radius 3 is 3.05 bits per heavy atom. The highest BCUT2D eigenvalue weighted by Crippen LogP contribution is 2.32. The van der Waals surface area contributed by atoms with Crippen molar-refractivity contribution in [2.24, 2.45) is 0 Å². The molecule has 1 aromatic heterocycles. The van der Waals surface area contributed by atoms with Gasteiger partial charge in [0, 0.05) is 29.1 Å². The number of carbonyl (C=O) groups is 1. The molecule has 1 amide bonds. The van der Waals surface area contributed by atoms with E-state index in [4.69, 9.17) is 9.47 Å². The van der Waals surface area contributed by atoms with Crippen molar-refractivity contribution >= 4 is 17.0 Å². The minimum Gasteiger partial charge on any atom is -0.497 e. The molecule has 0 aliphatic heterocycles. The van der Waals surface area contributed by atoms with Crippen LogP contribution in [-0.2, 0) is 17.6 Å². The zero-order valence-corrected chi connectivity index (χ0v) is 13.1. The largest absolute Gasteiger partial charge is 0.497 e. The van der Waals surface area contributed by atoms with Gasteiger partial charge in [-0.2, -0.15) is 0 Å². The van der Waals surface area contributed by atoms with Gasteiger partial charge >= 0.3 is 6.09 Å². The SMILES string of the molecule is CCCCOC(=O)NC1Cc2[nH]c3ccc(OC)cc3c2C1. The molecule has 1 atom stereocenters. The third-order valence-electron chi connectivity index (χ3n) is 4.16. The van der Waals surface area contributed by atoms with Crippen LogP contribution >= 0.6 is 0 Å². The zero-order chi connectivity index (χ0) is 15.5. The summed E-state index contributed by atoms with van der Waals surface area (Å²) in [4.78, 5) is 15.2. The quantitative estimate of drug-likeness (QED) is 0.834. The van der Waals surface area contributed by atoms with Crippen molar-refractivity contribution in [2.75, 3.05) is 13.7 Å².